The van der Waals surface area contributed by atoms with Crippen molar-refractivity contribution in [3.8, 4) is 0 Å². The lowest BCUT2D eigenvalue weighted by atomic mass is 9.97. The quantitative estimate of drug-likeness (QED) is 0.483. The first kappa shape index (κ1) is 14.5. The molecule has 2 aromatic heterocycles. The number of fused-ring (bicyclic) bond motifs is 3. The van der Waals surface area contributed by atoms with Gasteiger partial charge in [0, 0.05) is 11.4 Å². The van der Waals surface area contributed by atoms with Crippen molar-refractivity contribution in [2.75, 3.05) is 5.75 Å². The van der Waals surface area contributed by atoms with E-state index in [-0.39, 0.29) is 11.3 Å². The van der Waals surface area contributed by atoms with Crippen LogP contribution in [0.4, 0.5) is 0 Å². The Kier molecular flexibility index (Phi) is 4.26. The number of aryl methyl sites for hydroxylation is 2. The number of hydrogen-bond acceptors (Lipinski definition) is 5. The summed E-state index contributed by atoms with van der Waals surface area (Å²) in [5.74, 6) is 0.181. The van der Waals surface area contributed by atoms with E-state index in [0.717, 1.165) is 29.5 Å². The van der Waals surface area contributed by atoms with Crippen molar-refractivity contribution < 1.29 is 4.79 Å². The molecular formula is C15H15N2O2S2. The van der Waals surface area contributed by atoms with Crippen LogP contribution in [0.5, 0.6) is 0 Å². The van der Waals surface area contributed by atoms with E-state index < -0.39 is 0 Å². The molecule has 0 saturated carbocycles. The van der Waals surface area contributed by atoms with E-state index in [1.165, 1.54) is 28.6 Å². The molecule has 0 fully saturated rings. The molecule has 21 heavy (non-hydrogen) atoms. The van der Waals surface area contributed by atoms with Gasteiger partial charge in [0.1, 0.15) is 4.83 Å². The van der Waals surface area contributed by atoms with Gasteiger partial charge in [-0.3, -0.25) is 14.2 Å². The largest absolute Gasteiger partial charge is 0.290 e. The molecule has 0 bridgehead atoms. The van der Waals surface area contributed by atoms with Crippen LogP contribution in [0, 0.1) is 0 Å². The molecule has 2 heterocycles. The molecule has 1 aliphatic rings. The number of rotatable bonds is 5. The van der Waals surface area contributed by atoms with E-state index in [2.05, 4.69) is 11.6 Å². The molecule has 0 aliphatic heterocycles. The zero-order chi connectivity index (χ0) is 14.8. The summed E-state index contributed by atoms with van der Waals surface area (Å²) in [6.45, 7) is 4.11. The first-order valence-corrected chi connectivity index (χ1v) is 8.70. The molecule has 1 aliphatic carbocycles. The fourth-order valence-electron chi connectivity index (χ4n) is 2.71. The summed E-state index contributed by atoms with van der Waals surface area (Å²) in [6.07, 6.45) is 7.85. The summed E-state index contributed by atoms with van der Waals surface area (Å²) in [7, 11) is 0. The highest BCUT2D eigenvalue weighted by Gasteiger charge is 2.21. The first-order valence-electron chi connectivity index (χ1n) is 6.90. The van der Waals surface area contributed by atoms with Gasteiger partial charge in [0.15, 0.2) is 5.16 Å². The van der Waals surface area contributed by atoms with Gasteiger partial charge in [-0.05, 0) is 31.2 Å². The SMILES string of the molecule is C=CCn1c(SC[C]=O)nc2sc3c(c2c1=O)CCCC3. The Bertz CT molecular complexity index is 761. The van der Waals surface area contributed by atoms with Gasteiger partial charge in [-0.25, -0.2) is 4.98 Å². The molecule has 1 radical (unpaired) electrons. The van der Waals surface area contributed by atoms with Gasteiger partial charge < -0.3 is 0 Å². The Morgan fingerprint density at radius 3 is 3.00 bits per heavy atom. The molecule has 4 nitrogen and oxygen atoms in total. The van der Waals surface area contributed by atoms with Crippen LogP contribution in [0.1, 0.15) is 23.3 Å². The topological polar surface area (TPSA) is 52.0 Å². The van der Waals surface area contributed by atoms with Crippen LogP contribution in [0.25, 0.3) is 10.2 Å². The molecule has 0 spiro atoms. The summed E-state index contributed by atoms with van der Waals surface area (Å²) in [5, 5.41) is 1.35. The zero-order valence-electron chi connectivity index (χ0n) is 11.6. The highest BCUT2D eigenvalue weighted by atomic mass is 32.2. The third-order valence-corrected chi connectivity index (χ3v) is 5.63. The van der Waals surface area contributed by atoms with Crippen molar-refractivity contribution in [3.05, 3.63) is 33.4 Å². The molecule has 0 unspecified atom stereocenters. The zero-order valence-corrected chi connectivity index (χ0v) is 13.2. The molecule has 3 rings (SSSR count). The van der Waals surface area contributed by atoms with Gasteiger partial charge in [0.2, 0.25) is 6.29 Å². The van der Waals surface area contributed by atoms with E-state index >= 15 is 0 Å². The Morgan fingerprint density at radius 1 is 1.43 bits per heavy atom. The summed E-state index contributed by atoms with van der Waals surface area (Å²) in [6, 6.07) is 0. The number of allylic oxidation sites excluding steroid dienone is 1. The van der Waals surface area contributed by atoms with Crippen LogP contribution in [0.15, 0.2) is 22.6 Å². The van der Waals surface area contributed by atoms with Crippen LogP contribution in [0.2, 0.25) is 0 Å². The summed E-state index contributed by atoms with van der Waals surface area (Å²) in [4.78, 5) is 30.0. The van der Waals surface area contributed by atoms with Crippen molar-refractivity contribution in [3.63, 3.8) is 0 Å². The second-order valence-corrected chi connectivity index (χ2v) is 6.95. The minimum absolute atomic E-state index is 0.00676. The number of thioether (sulfide) groups is 1. The van der Waals surface area contributed by atoms with Crippen LogP contribution >= 0.6 is 23.1 Å². The fraction of sp³-hybridized carbons (Fsp3) is 0.400. The third-order valence-electron chi connectivity index (χ3n) is 3.61. The average molecular weight is 319 g/mol. The second kappa shape index (κ2) is 6.15. The standard InChI is InChI=1S/C15H15N2O2S2/c1-2-7-17-14(19)12-10-5-3-4-6-11(10)21-13(12)16-15(17)20-9-8-18/h2H,1,3-7,9H2. The van der Waals surface area contributed by atoms with Crippen LogP contribution in [-0.4, -0.2) is 21.6 Å². The molecular weight excluding hydrogens is 304 g/mol. The van der Waals surface area contributed by atoms with Gasteiger partial charge in [0.05, 0.1) is 11.1 Å². The van der Waals surface area contributed by atoms with E-state index in [1.54, 1.807) is 22.0 Å². The molecule has 0 atom stereocenters. The molecule has 0 amide bonds. The average Bonchev–Trinajstić information content (AvgIpc) is 2.86. The van der Waals surface area contributed by atoms with Gasteiger partial charge in [-0.1, -0.05) is 17.8 Å². The maximum atomic E-state index is 12.8. The van der Waals surface area contributed by atoms with Crippen molar-refractivity contribution in [1.82, 2.24) is 9.55 Å². The maximum Gasteiger partial charge on any atom is 0.263 e. The summed E-state index contributed by atoms with van der Waals surface area (Å²) in [5.41, 5.74) is 1.18. The number of thiophene rings is 1. The van der Waals surface area contributed by atoms with Crippen molar-refractivity contribution >= 4 is 39.6 Å². The molecule has 0 saturated heterocycles. The number of nitrogens with zero attached hydrogens (tertiary/aromatic N) is 2. The second-order valence-electron chi connectivity index (χ2n) is 4.92. The molecule has 0 aromatic carbocycles. The predicted molar refractivity (Wildman–Crippen MR) is 87.1 cm³/mol. The minimum atomic E-state index is -0.00676. The van der Waals surface area contributed by atoms with Gasteiger partial charge >= 0.3 is 0 Å². The van der Waals surface area contributed by atoms with Crippen LogP contribution in [0.3, 0.4) is 0 Å². The lowest BCUT2D eigenvalue weighted by Gasteiger charge is -2.11. The monoisotopic (exact) mass is 319 g/mol. The summed E-state index contributed by atoms with van der Waals surface area (Å²) < 4.78 is 1.61. The smallest absolute Gasteiger partial charge is 0.263 e. The van der Waals surface area contributed by atoms with E-state index in [4.69, 9.17) is 0 Å². The highest BCUT2D eigenvalue weighted by molar-refractivity contribution is 7.99. The molecule has 2 aromatic rings. The van der Waals surface area contributed by atoms with Gasteiger partial charge in [0.25, 0.3) is 5.56 Å². The summed E-state index contributed by atoms with van der Waals surface area (Å²) >= 11 is 2.88. The van der Waals surface area contributed by atoms with Gasteiger partial charge in [-0.15, -0.1) is 17.9 Å². The van der Waals surface area contributed by atoms with Crippen LogP contribution < -0.4 is 5.56 Å². The lowest BCUT2D eigenvalue weighted by Crippen LogP contribution is -2.23. The third kappa shape index (κ3) is 2.58. The molecule has 109 valence electrons. The highest BCUT2D eigenvalue weighted by Crippen LogP contribution is 2.34. The van der Waals surface area contributed by atoms with E-state index in [0.29, 0.717) is 11.7 Å². The Labute approximate surface area is 130 Å². The van der Waals surface area contributed by atoms with E-state index in [1.807, 2.05) is 6.29 Å². The first-order chi connectivity index (χ1) is 10.3. The minimum Gasteiger partial charge on any atom is -0.290 e. The Balaban J connectivity index is 2.23. The van der Waals surface area contributed by atoms with Gasteiger partial charge in [-0.2, -0.15) is 0 Å². The fourth-order valence-corrected chi connectivity index (χ4v) is 4.68. The molecule has 6 heteroatoms. The van der Waals surface area contributed by atoms with Crippen molar-refractivity contribution in [1.29, 1.82) is 0 Å². The number of carbonyl (C=O) groups excluding carboxylic acids is 1. The Hall–Kier alpha value is -1.40. The predicted octanol–water partition coefficient (Wildman–Crippen LogP) is 2.72. The van der Waals surface area contributed by atoms with Crippen LogP contribution in [-0.2, 0) is 24.2 Å². The normalized spacial score (nSPS) is 14.1. The van der Waals surface area contributed by atoms with Crippen molar-refractivity contribution in [2.45, 2.75) is 37.4 Å². The number of aromatic nitrogens is 2. The lowest BCUT2D eigenvalue weighted by molar-refractivity contribution is 0.560. The maximum absolute atomic E-state index is 12.8. The van der Waals surface area contributed by atoms with E-state index in [9.17, 15) is 9.59 Å². The van der Waals surface area contributed by atoms with Crippen molar-refractivity contribution in [2.24, 2.45) is 0 Å². The number of hydrogen-bond donors (Lipinski definition) is 0. The Morgan fingerprint density at radius 2 is 2.24 bits per heavy atom. The molecule has 0 N–H and O–H groups in total.